The highest BCUT2D eigenvalue weighted by molar-refractivity contribution is 5.86. The topological polar surface area (TPSA) is 61.6 Å². The van der Waals surface area contributed by atoms with E-state index in [2.05, 4.69) is 54.6 Å². The van der Waals surface area contributed by atoms with Crippen molar-refractivity contribution in [3.05, 3.63) is 226 Å². The Morgan fingerprint density at radius 2 is 0.607 bits per heavy atom. The summed E-state index contributed by atoms with van der Waals surface area (Å²) >= 11 is 0. The molecule has 6 nitrogen and oxygen atoms in total. The lowest BCUT2D eigenvalue weighted by Gasteiger charge is -2.12. The molecule has 0 aliphatic rings. The lowest BCUT2D eigenvalue weighted by molar-refractivity contribution is 0.289. The molecule has 0 aliphatic heterocycles. The van der Waals surface area contributed by atoms with Crippen molar-refractivity contribution in [3.63, 3.8) is 0 Å². The third-order valence-electron chi connectivity index (χ3n) is 8.81. The summed E-state index contributed by atoms with van der Waals surface area (Å²) in [7, 11) is 0. The SMILES string of the molecule is C(=NCc1cc(OCc2ccccc2)cc(OCc2ccccc2)c1)c1cccc(C=NCc2cc(OCc3ccccc3)cc(OCc3ccccc3)c2)c1. The van der Waals surface area contributed by atoms with Gasteiger partial charge in [-0.15, -0.1) is 0 Å². The van der Waals surface area contributed by atoms with Gasteiger partial charge < -0.3 is 18.9 Å². The van der Waals surface area contributed by atoms with E-state index in [1.54, 1.807) is 0 Å². The summed E-state index contributed by atoms with van der Waals surface area (Å²) < 4.78 is 24.8. The summed E-state index contributed by atoms with van der Waals surface area (Å²) in [6.07, 6.45) is 3.78. The molecule has 0 N–H and O–H groups in total. The lowest BCUT2D eigenvalue weighted by atomic mass is 10.1. The van der Waals surface area contributed by atoms with Crippen molar-refractivity contribution in [1.82, 2.24) is 0 Å². The Morgan fingerprint density at radius 3 is 0.911 bits per heavy atom. The average molecular weight is 737 g/mol. The molecule has 0 saturated carbocycles. The second-order valence-electron chi connectivity index (χ2n) is 13.3. The van der Waals surface area contributed by atoms with Crippen LogP contribution in [-0.4, -0.2) is 12.4 Å². The molecule has 7 aromatic carbocycles. The van der Waals surface area contributed by atoms with Crippen LogP contribution in [0.25, 0.3) is 0 Å². The van der Waals surface area contributed by atoms with Gasteiger partial charge in [0.25, 0.3) is 0 Å². The van der Waals surface area contributed by atoms with Crippen LogP contribution in [-0.2, 0) is 39.5 Å². The highest BCUT2D eigenvalue weighted by atomic mass is 16.5. The number of ether oxygens (including phenoxy) is 4. The summed E-state index contributed by atoms with van der Waals surface area (Å²) in [5.74, 6) is 2.97. The second-order valence-corrected chi connectivity index (χ2v) is 13.3. The van der Waals surface area contributed by atoms with Crippen molar-refractivity contribution in [2.24, 2.45) is 9.98 Å². The number of hydrogen-bond donors (Lipinski definition) is 0. The predicted molar refractivity (Wildman–Crippen MR) is 225 cm³/mol. The molecule has 0 atom stereocenters. The third kappa shape index (κ3) is 12.1. The van der Waals surface area contributed by atoms with Gasteiger partial charge >= 0.3 is 0 Å². The lowest BCUT2D eigenvalue weighted by Crippen LogP contribution is -1.99. The zero-order chi connectivity index (χ0) is 38.0. The Hall–Kier alpha value is -6.92. The molecule has 7 aromatic rings. The maximum Gasteiger partial charge on any atom is 0.123 e. The molecule has 0 spiro atoms. The van der Waals surface area contributed by atoms with Crippen LogP contribution in [0.2, 0.25) is 0 Å². The maximum absolute atomic E-state index is 6.19. The molecule has 0 fully saturated rings. The molecule has 6 heteroatoms. The minimum Gasteiger partial charge on any atom is -0.489 e. The molecule has 0 amide bonds. The molecule has 0 unspecified atom stereocenters. The molecule has 0 radical (unpaired) electrons. The number of benzene rings is 7. The van der Waals surface area contributed by atoms with Crippen molar-refractivity contribution in [3.8, 4) is 23.0 Å². The Labute approximate surface area is 329 Å². The van der Waals surface area contributed by atoms with E-state index in [-0.39, 0.29) is 0 Å². The second kappa shape index (κ2) is 20.0. The van der Waals surface area contributed by atoms with Crippen molar-refractivity contribution >= 4 is 12.4 Å². The van der Waals surface area contributed by atoms with Crippen LogP contribution < -0.4 is 18.9 Å². The minimum absolute atomic E-state index is 0.469. The van der Waals surface area contributed by atoms with Crippen LogP contribution in [0.15, 0.2) is 192 Å². The van der Waals surface area contributed by atoms with E-state index in [4.69, 9.17) is 28.9 Å². The maximum atomic E-state index is 6.19. The van der Waals surface area contributed by atoms with Crippen molar-refractivity contribution < 1.29 is 18.9 Å². The highest BCUT2D eigenvalue weighted by Gasteiger charge is 2.07. The summed E-state index contributed by atoms with van der Waals surface area (Å²) in [4.78, 5) is 9.58. The predicted octanol–water partition coefficient (Wildman–Crippen LogP) is 11.2. The van der Waals surface area contributed by atoms with Crippen molar-refractivity contribution in [2.45, 2.75) is 39.5 Å². The van der Waals surface area contributed by atoms with E-state index in [1.807, 2.05) is 140 Å². The zero-order valence-corrected chi connectivity index (χ0v) is 31.2. The van der Waals surface area contributed by atoms with Gasteiger partial charge in [0.2, 0.25) is 0 Å². The fourth-order valence-electron chi connectivity index (χ4n) is 5.97. The molecule has 56 heavy (non-hydrogen) atoms. The van der Waals surface area contributed by atoms with Gasteiger partial charge in [0, 0.05) is 24.6 Å². The summed E-state index contributed by atoms with van der Waals surface area (Å²) in [5.41, 5.74) is 8.37. The quantitative estimate of drug-likeness (QED) is 0.0823. The van der Waals surface area contributed by atoms with Crippen LogP contribution in [0, 0.1) is 0 Å². The number of rotatable bonds is 18. The molecule has 7 rings (SSSR count). The Bertz CT molecular complexity index is 2030. The largest absolute Gasteiger partial charge is 0.489 e. The summed E-state index contributed by atoms with van der Waals surface area (Å²) in [6.45, 7) is 2.82. The van der Waals surface area contributed by atoms with Gasteiger partial charge in [-0.3, -0.25) is 9.98 Å². The van der Waals surface area contributed by atoms with E-state index in [0.717, 1.165) is 67.5 Å². The molecule has 0 bridgehead atoms. The smallest absolute Gasteiger partial charge is 0.123 e. The molecular weight excluding hydrogens is 693 g/mol. The van der Waals surface area contributed by atoms with E-state index in [0.29, 0.717) is 39.5 Å². The average Bonchev–Trinajstić information content (AvgIpc) is 3.25. The van der Waals surface area contributed by atoms with E-state index < -0.39 is 0 Å². The monoisotopic (exact) mass is 736 g/mol. The first-order chi connectivity index (χ1) is 27.7. The van der Waals surface area contributed by atoms with Gasteiger partial charge in [-0.25, -0.2) is 0 Å². The van der Waals surface area contributed by atoms with Gasteiger partial charge in [0.05, 0.1) is 13.1 Å². The van der Waals surface area contributed by atoms with Crippen molar-refractivity contribution in [1.29, 1.82) is 0 Å². The van der Waals surface area contributed by atoms with E-state index in [9.17, 15) is 0 Å². The molecule has 0 aromatic heterocycles. The normalized spacial score (nSPS) is 11.1. The molecule has 0 aliphatic carbocycles. The fraction of sp³-hybridized carbons (Fsp3) is 0.120. The molecule has 278 valence electrons. The first kappa shape index (κ1) is 37.4. The van der Waals surface area contributed by atoms with Gasteiger partial charge in [-0.05, 0) is 74.8 Å². The molecule has 0 saturated heterocycles. The summed E-state index contributed by atoms with van der Waals surface area (Å²) in [6, 6.07) is 60.7. The summed E-state index contributed by atoms with van der Waals surface area (Å²) in [5, 5.41) is 0. The zero-order valence-electron chi connectivity index (χ0n) is 31.2. The van der Waals surface area contributed by atoms with Gasteiger partial charge in [0.15, 0.2) is 0 Å². The van der Waals surface area contributed by atoms with E-state index in [1.165, 1.54) is 0 Å². The van der Waals surface area contributed by atoms with Crippen molar-refractivity contribution in [2.75, 3.05) is 0 Å². The van der Waals surface area contributed by atoms with Crippen LogP contribution in [0.5, 0.6) is 23.0 Å². The molecular formula is C50H44N2O4. The first-order valence-corrected chi connectivity index (χ1v) is 18.7. The van der Waals surface area contributed by atoms with Gasteiger partial charge in [-0.1, -0.05) is 140 Å². The molecule has 0 heterocycles. The Morgan fingerprint density at radius 1 is 0.304 bits per heavy atom. The van der Waals surface area contributed by atoms with Crippen LogP contribution in [0.4, 0.5) is 0 Å². The Balaban J connectivity index is 0.999. The van der Waals surface area contributed by atoms with Crippen LogP contribution in [0.3, 0.4) is 0 Å². The fourth-order valence-corrected chi connectivity index (χ4v) is 5.97. The highest BCUT2D eigenvalue weighted by Crippen LogP contribution is 2.27. The van der Waals surface area contributed by atoms with E-state index >= 15 is 0 Å². The van der Waals surface area contributed by atoms with Gasteiger partial charge in [0.1, 0.15) is 49.4 Å². The first-order valence-electron chi connectivity index (χ1n) is 18.7. The third-order valence-corrected chi connectivity index (χ3v) is 8.81. The number of nitrogens with zero attached hydrogens (tertiary/aromatic N) is 2. The van der Waals surface area contributed by atoms with Crippen LogP contribution in [0.1, 0.15) is 44.5 Å². The minimum atomic E-state index is 0.469. The Kier molecular flexibility index (Phi) is 13.3. The number of aliphatic imine (C=N–C) groups is 2. The standard InChI is InChI=1S/C50H44N2O4/c1-5-14-39(15-6-1)35-53-47-25-45(26-48(29-47)54-36-40-16-7-2-8-17-40)33-51-31-43-22-13-23-44(24-43)32-52-34-46-27-49(55-37-41-18-9-3-10-19-41)30-50(28-46)56-38-42-20-11-4-12-21-42/h1-32H,33-38H2. The van der Waals surface area contributed by atoms with Crippen LogP contribution >= 0.6 is 0 Å². The number of hydrogen-bond acceptors (Lipinski definition) is 6. The van der Waals surface area contributed by atoms with Gasteiger partial charge in [-0.2, -0.15) is 0 Å².